The Bertz CT molecular complexity index is 2460. The molecule has 2 aliphatic carbocycles. The number of methoxy groups -OCH3 is 1. The number of hydrogen-bond acceptors (Lipinski definition) is 13. The summed E-state index contributed by atoms with van der Waals surface area (Å²) in [5, 5.41) is 8.78. The summed E-state index contributed by atoms with van der Waals surface area (Å²) in [7, 11) is 1.77. The Hall–Kier alpha value is -3.96. The number of nitrogens with one attached hydrogen (secondary N) is 3. The van der Waals surface area contributed by atoms with Crippen molar-refractivity contribution in [3.05, 3.63) is 58.4 Å². The Morgan fingerprint density at radius 2 is 1.72 bits per heavy atom. The third-order valence-corrected chi connectivity index (χ3v) is 19.9. The van der Waals surface area contributed by atoms with Crippen molar-refractivity contribution in [2.75, 3.05) is 104 Å². The third kappa shape index (κ3) is 11.9. The van der Waals surface area contributed by atoms with E-state index in [0.717, 1.165) is 109 Å². The second kappa shape index (κ2) is 24.6. The fourth-order valence-corrected chi connectivity index (χ4v) is 14.8. The topological polar surface area (TPSA) is 144 Å². The summed E-state index contributed by atoms with van der Waals surface area (Å²) in [4.78, 5) is 61.4. The number of hydrogen-bond donors (Lipinski definition) is 3. The van der Waals surface area contributed by atoms with Crippen molar-refractivity contribution in [2.24, 2.45) is 22.7 Å². The number of carbonyl (C=O) groups excluding carboxylic acids is 3. The van der Waals surface area contributed by atoms with Gasteiger partial charge in [0.25, 0.3) is 5.91 Å². The lowest BCUT2D eigenvalue weighted by atomic mass is 9.76. The fourth-order valence-electron chi connectivity index (χ4n) is 14.8. The molecule has 7 heterocycles. The zero-order chi connectivity index (χ0) is 54.9. The molecule has 4 bridgehead atoms. The van der Waals surface area contributed by atoms with Crippen molar-refractivity contribution in [3.8, 4) is 0 Å². The van der Waals surface area contributed by atoms with Gasteiger partial charge in [0, 0.05) is 113 Å². The summed E-state index contributed by atoms with van der Waals surface area (Å²) in [6.45, 7) is 28.8. The number of unbranched alkanes of at least 4 members (excludes halogenated alkanes) is 1. The van der Waals surface area contributed by atoms with Gasteiger partial charge in [0.15, 0.2) is 0 Å². The number of benzene rings is 1. The number of rotatable bonds is 14. The standard InChI is InChI=1S/C63H97N9O6/c1-10-13-24-69-27-28-70(47-36-77-37-47)35-41(4)42(5)58(69)59(73)66-57-54(71-38-63(39-71)21-14-15-22-63)20-26-68(23-11-2)46-18-19-49-48(12-3)55(51-29-44(45-32-64-33-45)34-65-56(51)43(6)76-9)52(50(49)30-46)31-62(7,8)40-78-61(75)53-17-16-25-72(67-53)60(57)74/h18-19,29-30,34,41-43,45,47-48,53-54,57-58,64,67H,10-17,20-28,31-33,35-40H2,1-9H3,(H,66,73)/t41?,42?,43-,48?,53?,54+,57-,58-/m0/s1. The van der Waals surface area contributed by atoms with Crippen molar-refractivity contribution in [3.63, 3.8) is 0 Å². The fraction of sp³-hybridized carbons (Fsp3) is 0.746. The molecule has 0 radical (unpaired) electrons. The molecule has 3 N–H and O–H groups in total. The van der Waals surface area contributed by atoms with E-state index in [0.29, 0.717) is 50.7 Å². The summed E-state index contributed by atoms with van der Waals surface area (Å²) < 4.78 is 18.1. The van der Waals surface area contributed by atoms with Crippen LogP contribution in [0.25, 0.3) is 11.1 Å². The van der Waals surface area contributed by atoms with Gasteiger partial charge in [0.2, 0.25) is 5.91 Å². The second-order valence-corrected chi connectivity index (χ2v) is 26.1. The SMILES string of the molecule is CCCCN1CCN(C2COC2)CC(C)C(C)[C@H]1C(=O)N[C@@H]1C(=O)N2CCCC(N2)C(=O)OCC(C)(C)CC2=C(c3cc(C4CNC4)cnc3[C@H](C)OC)C(CC)c3ccc(cc32)N(CCC)CC[C@H]1N1CC2(CCCC2)C1. The van der Waals surface area contributed by atoms with Crippen LogP contribution in [0.4, 0.5) is 5.69 Å². The predicted octanol–water partition coefficient (Wildman–Crippen LogP) is 8.16. The Labute approximate surface area is 467 Å². The number of pyridine rings is 1. The Morgan fingerprint density at radius 3 is 2.40 bits per heavy atom. The van der Waals surface area contributed by atoms with Crippen LogP contribution in [0.5, 0.6) is 0 Å². The first kappa shape index (κ1) is 57.3. The highest BCUT2D eigenvalue weighted by Crippen LogP contribution is 2.54. The normalized spacial score (nSPS) is 30.2. The van der Waals surface area contributed by atoms with Gasteiger partial charge in [0.1, 0.15) is 12.1 Å². The van der Waals surface area contributed by atoms with Gasteiger partial charge < -0.3 is 29.7 Å². The van der Waals surface area contributed by atoms with Crippen LogP contribution < -0.4 is 21.0 Å². The largest absolute Gasteiger partial charge is 0.464 e. The van der Waals surface area contributed by atoms with Crippen LogP contribution in [0.1, 0.15) is 178 Å². The van der Waals surface area contributed by atoms with Crippen molar-refractivity contribution in [1.82, 2.24) is 40.8 Å². The number of anilines is 1. The molecule has 1 spiro atoms. The van der Waals surface area contributed by atoms with Crippen LogP contribution in [-0.4, -0.2) is 172 Å². The Balaban J connectivity index is 1.06. The molecule has 78 heavy (non-hydrogen) atoms. The van der Waals surface area contributed by atoms with Gasteiger partial charge >= 0.3 is 5.97 Å². The number of esters is 1. The third-order valence-electron chi connectivity index (χ3n) is 19.9. The quantitative estimate of drug-likeness (QED) is 0.157. The van der Waals surface area contributed by atoms with Gasteiger partial charge in [-0.2, -0.15) is 0 Å². The molecule has 2 amide bonds. The minimum atomic E-state index is -0.837. The molecule has 1 aromatic heterocycles. The molecular weight excluding hydrogens is 979 g/mol. The van der Waals surface area contributed by atoms with Gasteiger partial charge in [-0.05, 0) is 135 Å². The van der Waals surface area contributed by atoms with Crippen molar-refractivity contribution >= 4 is 34.6 Å². The summed E-state index contributed by atoms with van der Waals surface area (Å²) >= 11 is 0. The number of fused-ring (bicyclic) bond motifs is 3. The number of amides is 2. The van der Waals surface area contributed by atoms with Crippen LogP contribution in [0.3, 0.4) is 0 Å². The van der Waals surface area contributed by atoms with E-state index in [9.17, 15) is 4.79 Å². The van der Waals surface area contributed by atoms with Gasteiger partial charge in [0.05, 0.1) is 43.7 Å². The average Bonchev–Trinajstić information content (AvgIpc) is 4.20. The minimum Gasteiger partial charge on any atom is -0.464 e. The average molecular weight is 1080 g/mol. The Morgan fingerprint density at radius 1 is 0.936 bits per heavy atom. The number of aromatic nitrogens is 1. The van der Waals surface area contributed by atoms with E-state index in [1.54, 1.807) is 12.1 Å². The molecule has 15 nitrogen and oxygen atoms in total. The zero-order valence-electron chi connectivity index (χ0n) is 49.2. The van der Waals surface area contributed by atoms with E-state index in [1.165, 1.54) is 59.2 Å². The van der Waals surface area contributed by atoms with E-state index in [-0.39, 0.29) is 59.7 Å². The van der Waals surface area contributed by atoms with E-state index in [4.69, 9.17) is 19.2 Å². The molecule has 10 rings (SSSR count). The molecule has 1 aromatic carbocycles. The van der Waals surface area contributed by atoms with Gasteiger partial charge in [-0.25, -0.2) is 5.43 Å². The summed E-state index contributed by atoms with van der Waals surface area (Å²) in [5.74, 6) is 0.282. The molecule has 1 saturated carbocycles. The number of cyclic esters (lactones) is 1. The summed E-state index contributed by atoms with van der Waals surface area (Å²) in [6, 6.07) is 7.81. The van der Waals surface area contributed by atoms with Crippen LogP contribution in [0.15, 0.2) is 30.5 Å². The van der Waals surface area contributed by atoms with E-state index < -0.39 is 23.5 Å². The molecule has 5 saturated heterocycles. The molecule has 2 aromatic rings. The summed E-state index contributed by atoms with van der Waals surface area (Å²) in [6.07, 6.45) is 13.2. The van der Waals surface area contributed by atoms with Crippen molar-refractivity contribution < 1.29 is 28.6 Å². The van der Waals surface area contributed by atoms with Crippen LogP contribution in [0, 0.1) is 22.7 Å². The lowest BCUT2D eigenvalue weighted by Crippen LogP contribution is -2.70. The number of hydrazine groups is 1. The maximum absolute atomic E-state index is 15.8. The summed E-state index contributed by atoms with van der Waals surface area (Å²) in [5.41, 5.74) is 13.0. The number of likely N-dealkylation sites (tertiary alicyclic amines) is 1. The van der Waals surface area contributed by atoms with Gasteiger partial charge in [-0.1, -0.05) is 73.8 Å². The lowest BCUT2D eigenvalue weighted by Gasteiger charge is -2.54. The number of allylic oxidation sites excluding steroid dienone is 2. The smallest absolute Gasteiger partial charge is 0.324 e. The molecule has 15 heteroatoms. The monoisotopic (exact) mass is 1080 g/mol. The van der Waals surface area contributed by atoms with Gasteiger partial charge in [-0.15, -0.1) is 0 Å². The number of carbonyl (C=O) groups is 3. The number of ether oxygens (including phenoxy) is 3. The van der Waals surface area contributed by atoms with Crippen molar-refractivity contribution in [1.29, 1.82) is 0 Å². The zero-order valence-corrected chi connectivity index (χ0v) is 49.2. The molecule has 430 valence electrons. The van der Waals surface area contributed by atoms with E-state index in [1.807, 2.05) is 0 Å². The minimum absolute atomic E-state index is 0.0440. The first-order valence-corrected chi connectivity index (χ1v) is 30.9. The van der Waals surface area contributed by atoms with Crippen LogP contribution in [0.2, 0.25) is 0 Å². The van der Waals surface area contributed by atoms with E-state index >= 15 is 9.59 Å². The maximum atomic E-state index is 15.8. The van der Waals surface area contributed by atoms with Crippen LogP contribution in [-0.2, 0) is 28.6 Å². The van der Waals surface area contributed by atoms with Gasteiger partial charge in [-0.3, -0.25) is 39.1 Å². The first-order valence-electron chi connectivity index (χ1n) is 30.9. The predicted molar refractivity (Wildman–Crippen MR) is 309 cm³/mol. The van der Waals surface area contributed by atoms with Crippen molar-refractivity contribution in [2.45, 2.75) is 181 Å². The number of nitrogens with zero attached hydrogens (tertiary/aromatic N) is 6. The van der Waals surface area contributed by atoms with E-state index in [2.05, 4.69) is 122 Å². The highest BCUT2D eigenvalue weighted by atomic mass is 16.5. The molecule has 6 fully saturated rings. The molecular formula is C63H97N9O6. The molecule has 6 aliphatic heterocycles. The molecule has 8 aliphatic rings. The maximum Gasteiger partial charge on any atom is 0.324 e. The first-order chi connectivity index (χ1) is 37.6. The van der Waals surface area contributed by atoms with Crippen LogP contribution >= 0.6 is 0 Å². The Kier molecular flexibility index (Phi) is 18.1. The second-order valence-electron chi connectivity index (χ2n) is 26.1. The molecule has 8 atom stereocenters. The molecule has 4 unspecified atom stereocenters. The highest BCUT2D eigenvalue weighted by molar-refractivity contribution is 6.01. The lowest BCUT2D eigenvalue weighted by molar-refractivity contribution is -0.157. The highest BCUT2D eigenvalue weighted by Gasteiger charge is 2.51.